The van der Waals surface area contributed by atoms with Crippen LogP contribution in [0.5, 0.6) is 0 Å². The average Bonchev–Trinajstić information content (AvgIpc) is 3.20. The molecule has 3 unspecified atom stereocenters. The molecule has 22 heavy (non-hydrogen) atoms. The molecule has 1 saturated heterocycles. The van der Waals surface area contributed by atoms with Gasteiger partial charge in [-0.3, -0.25) is 15.6 Å². The van der Waals surface area contributed by atoms with Crippen LogP contribution in [-0.2, 0) is 10.2 Å². The van der Waals surface area contributed by atoms with Crippen LogP contribution in [0.15, 0.2) is 28.7 Å². The third kappa shape index (κ3) is 2.59. The average molecular weight is 364 g/mol. The van der Waals surface area contributed by atoms with Crippen LogP contribution in [0.2, 0.25) is 0 Å². The van der Waals surface area contributed by atoms with Gasteiger partial charge in [0.05, 0.1) is 5.41 Å². The number of halogens is 1. The van der Waals surface area contributed by atoms with Crippen molar-refractivity contribution < 1.29 is 4.79 Å². The van der Waals surface area contributed by atoms with Crippen molar-refractivity contribution >= 4 is 21.8 Å². The summed E-state index contributed by atoms with van der Waals surface area (Å²) >= 11 is 3.46. The summed E-state index contributed by atoms with van der Waals surface area (Å²) in [5.41, 5.74) is 7.48. The van der Waals surface area contributed by atoms with Crippen LogP contribution in [0.3, 0.4) is 0 Å². The van der Waals surface area contributed by atoms with Crippen LogP contribution >= 0.6 is 15.9 Å². The Morgan fingerprint density at radius 1 is 1.23 bits per heavy atom. The number of rotatable bonds is 3. The molecule has 0 bridgehead atoms. The molecule has 4 nitrogen and oxygen atoms in total. The third-order valence-electron chi connectivity index (χ3n) is 5.55. The largest absolute Gasteiger partial charge is 0.353 e. The van der Waals surface area contributed by atoms with Gasteiger partial charge >= 0.3 is 0 Å². The maximum atomic E-state index is 12.8. The van der Waals surface area contributed by atoms with E-state index in [1.165, 1.54) is 0 Å². The number of hydrazine groups is 1. The molecular weight excluding hydrogens is 342 g/mol. The van der Waals surface area contributed by atoms with Crippen LogP contribution in [-0.4, -0.2) is 24.5 Å². The van der Waals surface area contributed by atoms with E-state index in [9.17, 15) is 4.79 Å². The second-order valence-electron chi connectivity index (χ2n) is 6.96. The number of fused-ring (bicyclic) bond motifs is 1. The zero-order valence-electron chi connectivity index (χ0n) is 12.6. The lowest BCUT2D eigenvalue weighted by molar-refractivity contribution is -0.124. The first-order valence-corrected chi connectivity index (χ1v) is 9.02. The fourth-order valence-corrected chi connectivity index (χ4v) is 4.26. The van der Waals surface area contributed by atoms with E-state index in [1.807, 2.05) is 12.1 Å². The Bertz CT molecular complexity index is 570. The Labute approximate surface area is 139 Å². The Hall–Kier alpha value is -0.910. The maximum Gasteiger partial charge on any atom is 0.230 e. The standard InChI is InChI=1S/C17H22BrN3O/c18-13-3-1-12(2-4-13)17(7-8-17)16(22)20-14-5-6-15-11(9-14)10-19-21-15/h1-4,11,14-15,19,21H,5-10H2,(H,20,22). The molecule has 3 N–H and O–H groups in total. The zero-order chi connectivity index (χ0) is 15.2. The molecule has 3 atom stereocenters. The van der Waals surface area contributed by atoms with Crippen molar-refractivity contribution in [3.8, 4) is 0 Å². The molecule has 1 amide bonds. The summed E-state index contributed by atoms with van der Waals surface area (Å²) in [7, 11) is 0. The van der Waals surface area contributed by atoms with E-state index >= 15 is 0 Å². The first-order valence-electron chi connectivity index (χ1n) is 8.23. The van der Waals surface area contributed by atoms with Gasteiger partial charge in [-0.1, -0.05) is 28.1 Å². The lowest BCUT2D eigenvalue weighted by Crippen LogP contribution is -2.47. The predicted octanol–water partition coefficient (Wildman–Crippen LogP) is 2.24. The summed E-state index contributed by atoms with van der Waals surface area (Å²) in [6.07, 6.45) is 5.27. The first kappa shape index (κ1) is 14.7. The molecule has 0 radical (unpaired) electrons. The van der Waals surface area contributed by atoms with Gasteiger partial charge in [0.15, 0.2) is 0 Å². The summed E-state index contributed by atoms with van der Waals surface area (Å²) in [4.78, 5) is 12.8. The van der Waals surface area contributed by atoms with Crippen molar-refractivity contribution in [3.63, 3.8) is 0 Å². The van der Waals surface area contributed by atoms with E-state index in [4.69, 9.17) is 0 Å². The van der Waals surface area contributed by atoms with E-state index in [2.05, 4.69) is 44.2 Å². The first-order chi connectivity index (χ1) is 10.7. The van der Waals surface area contributed by atoms with Gasteiger partial charge in [-0.05, 0) is 55.7 Å². The highest BCUT2D eigenvalue weighted by molar-refractivity contribution is 9.10. The molecule has 0 aromatic heterocycles. The molecule has 1 heterocycles. The van der Waals surface area contributed by atoms with E-state index in [-0.39, 0.29) is 11.3 Å². The molecule has 1 aromatic rings. The molecule has 1 aromatic carbocycles. The molecule has 3 aliphatic rings. The fourth-order valence-electron chi connectivity index (χ4n) is 4.00. The van der Waals surface area contributed by atoms with Crippen molar-refractivity contribution in [1.82, 2.24) is 16.2 Å². The van der Waals surface area contributed by atoms with Gasteiger partial charge in [0.25, 0.3) is 0 Å². The van der Waals surface area contributed by atoms with Crippen molar-refractivity contribution in [2.45, 2.75) is 49.6 Å². The van der Waals surface area contributed by atoms with E-state index in [0.717, 1.165) is 48.7 Å². The van der Waals surface area contributed by atoms with Crippen LogP contribution in [0.4, 0.5) is 0 Å². The quantitative estimate of drug-likeness (QED) is 0.771. The van der Waals surface area contributed by atoms with Crippen LogP contribution in [0, 0.1) is 5.92 Å². The van der Waals surface area contributed by atoms with Gasteiger partial charge in [-0.25, -0.2) is 0 Å². The lowest BCUT2D eigenvalue weighted by Gasteiger charge is -2.32. The molecule has 118 valence electrons. The number of carbonyl (C=O) groups excluding carboxylic acids is 1. The Kier molecular flexibility index (Phi) is 3.75. The van der Waals surface area contributed by atoms with E-state index in [1.54, 1.807) is 0 Å². The SMILES string of the molecule is O=C(NC1CCC2NNCC2C1)C1(c2ccc(Br)cc2)CC1. The molecule has 1 aliphatic heterocycles. The zero-order valence-corrected chi connectivity index (χ0v) is 14.2. The summed E-state index contributed by atoms with van der Waals surface area (Å²) in [5, 5.41) is 3.34. The second kappa shape index (κ2) is 5.62. The lowest BCUT2D eigenvalue weighted by atomic mass is 9.82. The van der Waals surface area contributed by atoms with Crippen LogP contribution < -0.4 is 16.2 Å². The van der Waals surface area contributed by atoms with Crippen LogP contribution in [0.1, 0.15) is 37.7 Å². The number of amides is 1. The number of carbonyl (C=O) groups is 1. The maximum absolute atomic E-state index is 12.8. The van der Waals surface area contributed by atoms with Gasteiger partial charge in [0.1, 0.15) is 0 Å². The molecule has 0 spiro atoms. The highest BCUT2D eigenvalue weighted by Gasteiger charge is 2.51. The highest BCUT2D eigenvalue weighted by atomic mass is 79.9. The molecule has 5 heteroatoms. The van der Waals surface area contributed by atoms with Crippen molar-refractivity contribution in [2.75, 3.05) is 6.54 Å². The summed E-state index contributed by atoms with van der Waals surface area (Å²) < 4.78 is 1.06. The Balaban J connectivity index is 1.42. The molecule has 4 rings (SSSR count). The highest BCUT2D eigenvalue weighted by Crippen LogP contribution is 2.48. The second-order valence-corrected chi connectivity index (χ2v) is 7.88. The topological polar surface area (TPSA) is 53.2 Å². The molecule has 2 aliphatic carbocycles. The Morgan fingerprint density at radius 2 is 2.00 bits per heavy atom. The number of hydrogen-bond acceptors (Lipinski definition) is 3. The Morgan fingerprint density at radius 3 is 2.73 bits per heavy atom. The minimum Gasteiger partial charge on any atom is -0.353 e. The van der Waals surface area contributed by atoms with Crippen molar-refractivity contribution in [2.24, 2.45) is 5.92 Å². The molecule has 2 saturated carbocycles. The third-order valence-corrected chi connectivity index (χ3v) is 6.08. The van der Waals surface area contributed by atoms with Gasteiger partial charge in [-0.2, -0.15) is 0 Å². The smallest absolute Gasteiger partial charge is 0.230 e. The summed E-state index contributed by atoms with van der Waals surface area (Å²) in [6, 6.07) is 9.16. The minimum absolute atomic E-state index is 0.234. The van der Waals surface area contributed by atoms with E-state index < -0.39 is 0 Å². The van der Waals surface area contributed by atoms with Gasteiger partial charge in [-0.15, -0.1) is 0 Å². The molecular formula is C17H22BrN3O. The molecule has 3 fully saturated rings. The predicted molar refractivity (Wildman–Crippen MR) is 89.3 cm³/mol. The van der Waals surface area contributed by atoms with Gasteiger partial charge in [0, 0.05) is 23.1 Å². The van der Waals surface area contributed by atoms with Crippen molar-refractivity contribution in [1.29, 1.82) is 0 Å². The van der Waals surface area contributed by atoms with Crippen molar-refractivity contribution in [3.05, 3.63) is 34.3 Å². The van der Waals surface area contributed by atoms with Crippen LogP contribution in [0.25, 0.3) is 0 Å². The van der Waals surface area contributed by atoms with Gasteiger partial charge in [0.2, 0.25) is 5.91 Å². The minimum atomic E-state index is -0.260. The number of hydrogen-bond donors (Lipinski definition) is 3. The fraction of sp³-hybridized carbons (Fsp3) is 0.588. The summed E-state index contributed by atoms with van der Waals surface area (Å²) in [6.45, 7) is 1.02. The monoisotopic (exact) mass is 363 g/mol. The number of nitrogens with one attached hydrogen (secondary N) is 3. The summed E-state index contributed by atoms with van der Waals surface area (Å²) in [5.74, 6) is 0.888. The normalized spacial score (nSPS) is 32.3. The number of benzene rings is 1. The van der Waals surface area contributed by atoms with E-state index in [0.29, 0.717) is 18.0 Å². The van der Waals surface area contributed by atoms with Gasteiger partial charge < -0.3 is 5.32 Å².